The first kappa shape index (κ1) is 22.8. The molecule has 0 heterocycles. The average molecular weight is 448 g/mol. The van der Waals surface area contributed by atoms with Crippen molar-refractivity contribution in [1.82, 2.24) is 0 Å². The van der Waals surface area contributed by atoms with Crippen LogP contribution >= 0.6 is 30.4 Å². The molecule has 2 N–H and O–H groups in total. The van der Waals surface area contributed by atoms with Gasteiger partial charge in [0.05, 0.1) is 6.61 Å². The fraction of sp³-hybridized carbons (Fsp3) is 1.00. The molecule has 0 fully saturated rings. The maximum Gasteiger partial charge on any atom is 0.469 e. The summed E-state index contributed by atoms with van der Waals surface area (Å²) < 4.78 is 16.2. The summed E-state index contributed by atoms with van der Waals surface area (Å²) >= 11 is 2.45. The Morgan fingerprint density at radius 2 is 0.955 bits per heavy atom. The maximum absolute atomic E-state index is 10.5. The second kappa shape index (κ2) is 16.7. The third-order valence-electron chi connectivity index (χ3n) is 3.79. The highest BCUT2D eigenvalue weighted by Gasteiger charge is 2.12. The fourth-order valence-electron chi connectivity index (χ4n) is 2.50. The second-order valence-corrected chi connectivity index (χ2v) is 8.28. The van der Waals surface area contributed by atoms with E-state index >= 15 is 0 Å². The van der Waals surface area contributed by atoms with Crippen LogP contribution in [0.25, 0.3) is 0 Å². The van der Waals surface area contributed by atoms with Gasteiger partial charge in [0.1, 0.15) is 0 Å². The van der Waals surface area contributed by atoms with Gasteiger partial charge in [0, 0.05) is 0 Å². The lowest BCUT2D eigenvalue weighted by Gasteiger charge is -2.05. The number of alkyl halides is 1. The molecular weight excluding hydrogens is 414 g/mol. The number of phosphoric ester groups is 1. The molecule has 0 aromatic heterocycles. The Kier molecular flexibility index (Phi) is 17.3. The highest BCUT2D eigenvalue weighted by atomic mass is 127. The van der Waals surface area contributed by atoms with E-state index in [9.17, 15) is 4.57 Å². The third-order valence-corrected chi connectivity index (χ3v) is 5.07. The number of unbranched alkanes of at least 4 members (excludes halogenated alkanes) is 13. The minimum absolute atomic E-state index is 0.169. The van der Waals surface area contributed by atoms with Gasteiger partial charge < -0.3 is 9.79 Å². The fourth-order valence-corrected chi connectivity index (χ4v) is 3.41. The zero-order valence-electron chi connectivity index (χ0n) is 13.8. The maximum atomic E-state index is 10.5. The molecule has 0 aromatic carbocycles. The minimum Gasteiger partial charge on any atom is -0.303 e. The van der Waals surface area contributed by atoms with E-state index in [1.54, 1.807) is 0 Å². The summed E-state index contributed by atoms with van der Waals surface area (Å²) in [7, 11) is -4.25. The molecule has 0 rings (SSSR count). The Morgan fingerprint density at radius 1 is 0.636 bits per heavy atom. The predicted molar refractivity (Wildman–Crippen MR) is 102 cm³/mol. The standard InChI is InChI=1S/C16H34IO4P/c17-15-13-11-9-7-5-3-1-2-4-6-8-10-12-14-16-21-22(18,19)20/h1-16H2,(H2,18,19,20). The van der Waals surface area contributed by atoms with Crippen LogP contribution in [0, 0.1) is 0 Å². The highest BCUT2D eigenvalue weighted by Crippen LogP contribution is 2.35. The number of rotatable bonds is 17. The van der Waals surface area contributed by atoms with E-state index in [-0.39, 0.29) is 6.61 Å². The van der Waals surface area contributed by atoms with Crippen molar-refractivity contribution in [3.8, 4) is 0 Å². The predicted octanol–water partition coefficient (Wildman–Crippen LogP) is 5.99. The molecule has 4 nitrogen and oxygen atoms in total. The molecule has 134 valence electrons. The van der Waals surface area contributed by atoms with Crippen LogP contribution < -0.4 is 0 Å². The molecule has 0 radical (unpaired) electrons. The quantitative estimate of drug-likeness (QED) is 0.124. The molecule has 0 aliphatic rings. The van der Waals surface area contributed by atoms with Crippen molar-refractivity contribution < 1.29 is 18.9 Å². The van der Waals surface area contributed by atoms with Crippen LogP contribution in [0.3, 0.4) is 0 Å². The van der Waals surface area contributed by atoms with Crippen LogP contribution in [0.5, 0.6) is 0 Å². The van der Waals surface area contributed by atoms with Crippen molar-refractivity contribution in [3.63, 3.8) is 0 Å². The Morgan fingerprint density at radius 3 is 1.27 bits per heavy atom. The van der Waals surface area contributed by atoms with E-state index in [0.29, 0.717) is 0 Å². The van der Waals surface area contributed by atoms with E-state index in [4.69, 9.17) is 9.79 Å². The second-order valence-electron chi connectivity index (χ2n) is 5.96. The summed E-state index contributed by atoms with van der Waals surface area (Å²) in [5.74, 6) is 0. The summed E-state index contributed by atoms with van der Waals surface area (Å²) in [6.45, 7) is 0.169. The van der Waals surface area contributed by atoms with Crippen molar-refractivity contribution in [2.24, 2.45) is 0 Å². The first-order chi connectivity index (χ1) is 10.6. The van der Waals surface area contributed by atoms with Gasteiger partial charge >= 0.3 is 7.82 Å². The zero-order chi connectivity index (χ0) is 16.5. The van der Waals surface area contributed by atoms with Gasteiger partial charge in [-0.1, -0.05) is 99.6 Å². The molecule has 6 heteroatoms. The van der Waals surface area contributed by atoms with Crippen molar-refractivity contribution in [2.45, 2.75) is 89.9 Å². The summed E-state index contributed by atoms with van der Waals surface area (Å²) in [6.07, 6.45) is 17.9. The van der Waals surface area contributed by atoms with Crippen molar-refractivity contribution >= 4 is 30.4 Å². The van der Waals surface area contributed by atoms with Crippen LogP contribution in [0.2, 0.25) is 0 Å². The number of hydrogen-bond acceptors (Lipinski definition) is 2. The SMILES string of the molecule is O=P(O)(O)OCCCCCCCCCCCCCCCCI. The van der Waals surface area contributed by atoms with E-state index in [2.05, 4.69) is 27.1 Å². The molecule has 0 aliphatic heterocycles. The van der Waals surface area contributed by atoms with E-state index in [0.717, 1.165) is 19.3 Å². The Balaban J connectivity index is 3.01. The molecule has 0 saturated carbocycles. The lowest BCUT2D eigenvalue weighted by atomic mass is 10.0. The van der Waals surface area contributed by atoms with Crippen LogP contribution in [0.4, 0.5) is 0 Å². The first-order valence-electron chi connectivity index (χ1n) is 8.82. The van der Waals surface area contributed by atoms with Gasteiger partial charge in [-0.2, -0.15) is 0 Å². The minimum atomic E-state index is -4.25. The smallest absolute Gasteiger partial charge is 0.303 e. The lowest BCUT2D eigenvalue weighted by molar-refractivity contribution is 0.193. The first-order valence-corrected chi connectivity index (χ1v) is 11.9. The van der Waals surface area contributed by atoms with Gasteiger partial charge in [-0.25, -0.2) is 4.57 Å². The molecule has 0 saturated heterocycles. The zero-order valence-corrected chi connectivity index (χ0v) is 16.9. The van der Waals surface area contributed by atoms with Crippen LogP contribution in [-0.4, -0.2) is 20.8 Å². The van der Waals surface area contributed by atoms with Gasteiger partial charge in [0.2, 0.25) is 0 Å². The van der Waals surface area contributed by atoms with Crippen LogP contribution in [0.15, 0.2) is 0 Å². The Bertz CT molecular complexity index is 271. The molecule has 0 spiro atoms. The average Bonchev–Trinajstić information content (AvgIpc) is 2.45. The largest absolute Gasteiger partial charge is 0.469 e. The van der Waals surface area contributed by atoms with Crippen LogP contribution in [0.1, 0.15) is 89.9 Å². The number of hydrogen-bond donors (Lipinski definition) is 2. The normalized spacial score (nSPS) is 12.0. The molecule has 0 unspecified atom stereocenters. The molecule has 0 aliphatic carbocycles. The summed E-state index contributed by atoms with van der Waals surface area (Å²) in [5.41, 5.74) is 0. The summed E-state index contributed by atoms with van der Waals surface area (Å²) in [6, 6.07) is 0. The molecule has 0 atom stereocenters. The van der Waals surface area contributed by atoms with Gasteiger partial charge in [-0.3, -0.25) is 4.52 Å². The number of phosphoric acid groups is 1. The van der Waals surface area contributed by atoms with Gasteiger partial charge in [-0.15, -0.1) is 0 Å². The van der Waals surface area contributed by atoms with Crippen LogP contribution in [-0.2, 0) is 9.09 Å². The molecule has 0 bridgehead atoms. The Labute approximate surface area is 150 Å². The third kappa shape index (κ3) is 20.8. The molecule has 22 heavy (non-hydrogen) atoms. The van der Waals surface area contributed by atoms with E-state index < -0.39 is 7.82 Å². The van der Waals surface area contributed by atoms with Crippen molar-refractivity contribution in [3.05, 3.63) is 0 Å². The summed E-state index contributed by atoms with van der Waals surface area (Å²) in [5, 5.41) is 0. The van der Waals surface area contributed by atoms with Gasteiger partial charge in [-0.05, 0) is 17.3 Å². The van der Waals surface area contributed by atoms with Gasteiger partial charge in [0.15, 0.2) is 0 Å². The van der Waals surface area contributed by atoms with Crippen molar-refractivity contribution in [1.29, 1.82) is 0 Å². The highest BCUT2D eigenvalue weighted by molar-refractivity contribution is 14.1. The lowest BCUT2D eigenvalue weighted by Crippen LogP contribution is -1.92. The topological polar surface area (TPSA) is 66.8 Å². The monoisotopic (exact) mass is 448 g/mol. The van der Waals surface area contributed by atoms with Crippen molar-refractivity contribution in [2.75, 3.05) is 11.0 Å². The molecule has 0 amide bonds. The van der Waals surface area contributed by atoms with Gasteiger partial charge in [0.25, 0.3) is 0 Å². The Hall–Kier alpha value is 0.840. The molecule has 0 aromatic rings. The van der Waals surface area contributed by atoms with E-state index in [1.165, 1.54) is 75.1 Å². The molecular formula is C16H34IO4P. The number of halogens is 1. The van der Waals surface area contributed by atoms with E-state index in [1.807, 2.05) is 0 Å². The summed E-state index contributed by atoms with van der Waals surface area (Å²) in [4.78, 5) is 17.0.